The number of carbonyl (C=O) groups excluding carboxylic acids is 1. The second kappa shape index (κ2) is 9.17. The highest BCUT2D eigenvalue weighted by atomic mass is 32.2. The molecule has 0 heterocycles. The number of hydrogen-bond donors (Lipinski definition) is 2. The lowest BCUT2D eigenvalue weighted by Gasteiger charge is -2.18. The standard InChI is InChI=1S/C19H22N2O4S/c1-3-13-20-19(22)18(14-15-7-5-4-6-8-15)21-26(23,24)17-11-9-16(25-2)10-12-17/h3-12,18,21H,1,13-14H2,2H3,(H,20,22). The van der Waals surface area contributed by atoms with E-state index in [1.165, 1.54) is 25.3 Å². The van der Waals surface area contributed by atoms with Crippen molar-refractivity contribution in [1.29, 1.82) is 0 Å². The molecule has 0 radical (unpaired) electrons. The number of rotatable bonds is 9. The first-order valence-corrected chi connectivity index (χ1v) is 9.53. The molecule has 1 amide bonds. The molecule has 0 aliphatic rings. The minimum Gasteiger partial charge on any atom is -0.497 e. The Morgan fingerprint density at radius 3 is 2.38 bits per heavy atom. The Balaban J connectivity index is 2.22. The second-order valence-electron chi connectivity index (χ2n) is 5.57. The molecule has 2 N–H and O–H groups in total. The third-order valence-corrected chi connectivity index (χ3v) is 5.17. The summed E-state index contributed by atoms with van der Waals surface area (Å²) in [7, 11) is -2.37. The third kappa shape index (κ3) is 5.44. The van der Waals surface area contributed by atoms with E-state index in [-0.39, 0.29) is 17.9 Å². The average molecular weight is 374 g/mol. The van der Waals surface area contributed by atoms with E-state index in [2.05, 4.69) is 16.6 Å². The van der Waals surface area contributed by atoms with Crippen molar-refractivity contribution in [3.8, 4) is 5.75 Å². The SMILES string of the molecule is C=CCNC(=O)C(Cc1ccccc1)NS(=O)(=O)c1ccc(OC)cc1. The molecule has 0 saturated heterocycles. The molecular weight excluding hydrogens is 352 g/mol. The monoisotopic (exact) mass is 374 g/mol. The fourth-order valence-corrected chi connectivity index (χ4v) is 3.54. The van der Waals surface area contributed by atoms with E-state index in [0.29, 0.717) is 5.75 Å². The summed E-state index contributed by atoms with van der Waals surface area (Å²) in [5, 5.41) is 2.64. The number of hydrogen-bond acceptors (Lipinski definition) is 4. The maximum absolute atomic E-state index is 12.7. The topological polar surface area (TPSA) is 84.5 Å². The molecule has 0 bridgehead atoms. The van der Waals surface area contributed by atoms with E-state index in [0.717, 1.165) is 5.56 Å². The fraction of sp³-hybridized carbons (Fsp3) is 0.211. The molecule has 138 valence electrons. The molecule has 2 aromatic rings. The Hall–Kier alpha value is -2.64. The van der Waals surface area contributed by atoms with Crippen LogP contribution in [0.15, 0.2) is 72.1 Å². The first-order valence-electron chi connectivity index (χ1n) is 8.05. The van der Waals surface area contributed by atoms with Gasteiger partial charge in [0.1, 0.15) is 11.8 Å². The predicted octanol–water partition coefficient (Wildman–Crippen LogP) is 1.89. The lowest BCUT2D eigenvalue weighted by molar-refractivity contribution is -0.122. The molecule has 1 atom stereocenters. The van der Waals surface area contributed by atoms with Gasteiger partial charge >= 0.3 is 0 Å². The van der Waals surface area contributed by atoms with Gasteiger partial charge in [0.25, 0.3) is 0 Å². The molecule has 2 aromatic carbocycles. The quantitative estimate of drug-likeness (QED) is 0.657. The van der Waals surface area contributed by atoms with Crippen LogP contribution in [0.3, 0.4) is 0 Å². The van der Waals surface area contributed by atoms with Crippen LogP contribution < -0.4 is 14.8 Å². The minimum absolute atomic E-state index is 0.0629. The van der Waals surface area contributed by atoms with Gasteiger partial charge in [0, 0.05) is 6.54 Å². The molecular formula is C19H22N2O4S. The molecule has 1 unspecified atom stereocenters. The number of amides is 1. The zero-order valence-corrected chi connectivity index (χ0v) is 15.3. The van der Waals surface area contributed by atoms with Crippen molar-refractivity contribution < 1.29 is 17.9 Å². The molecule has 2 rings (SSSR count). The largest absolute Gasteiger partial charge is 0.497 e. The van der Waals surface area contributed by atoms with Gasteiger partial charge in [0.05, 0.1) is 12.0 Å². The molecule has 26 heavy (non-hydrogen) atoms. The van der Waals surface area contributed by atoms with Gasteiger partial charge in [0.2, 0.25) is 15.9 Å². The lowest BCUT2D eigenvalue weighted by atomic mass is 10.1. The van der Waals surface area contributed by atoms with Gasteiger partial charge in [-0.15, -0.1) is 6.58 Å². The van der Waals surface area contributed by atoms with Crippen LogP contribution in [-0.4, -0.2) is 34.0 Å². The first-order chi connectivity index (χ1) is 12.5. The number of methoxy groups -OCH3 is 1. The van der Waals surface area contributed by atoms with Crippen LogP contribution in [0.25, 0.3) is 0 Å². The highest BCUT2D eigenvalue weighted by Crippen LogP contribution is 2.16. The molecule has 0 fully saturated rings. The number of sulfonamides is 1. The van der Waals surface area contributed by atoms with Crippen molar-refractivity contribution in [1.82, 2.24) is 10.0 Å². The fourth-order valence-electron chi connectivity index (χ4n) is 2.34. The van der Waals surface area contributed by atoms with E-state index in [1.807, 2.05) is 30.3 Å². The number of ether oxygens (including phenoxy) is 1. The summed E-state index contributed by atoms with van der Waals surface area (Å²) >= 11 is 0. The Bertz CT molecular complexity index is 834. The summed E-state index contributed by atoms with van der Waals surface area (Å²) in [5.41, 5.74) is 0.851. The molecule has 0 saturated carbocycles. The van der Waals surface area contributed by atoms with Gasteiger partial charge in [0.15, 0.2) is 0 Å². The van der Waals surface area contributed by atoms with Gasteiger partial charge in [-0.05, 0) is 36.2 Å². The van der Waals surface area contributed by atoms with Crippen molar-refractivity contribution in [3.63, 3.8) is 0 Å². The zero-order chi connectivity index (χ0) is 19.0. The van der Waals surface area contributed by atoms with Crippen LogP contribution in [0.4, 0.5) is 0 Å². The molecule has 0 spiro atoms. The van der Waals surface area contributed by atoms with Crippen molar-refractivity contribution >= 4 is 15.9 Å². The summed E-state index contributed by atoms with van der Waals surface area (Å²) in [6.45, 7) is 3.81. The summed E-state index contributed by atoms with van der Waals surface area (Å²) in [4.78, 5) is 12.5. The Morgan fingerprint density at radius 2 is 1.81 bits per heavy atom. The Kier molecular flexibility index (Phi) is 6.94. The molecule has 0 aliphatic carbocycles. The predicted molar refractivity (Wildman–Crippen MR) is 100 cm³/mol. The maximum Gasteiger partial charge on any atom is 0.241 e. The minimum atomic E-state index is -3.87. The Morgan fingerprint density at radius 1 is 1.15 bits per heavy atom. The highest BCUT2D eigenvalue weighted by Gasteiger charge is 2.25. The number of benzene rings is 2. The van der Waals surface area contributed by atoms with Crippen LogP contribution in [0, 0.1) is 0 Å². The van der Waals surface area contributed by atoms with Crippen LogP contribution in [0.2, 0.25) is 0 Å². The normalized spacial score (nSPS) is 12.2. The van der Waals surface area contributed by atoms with Crippen LogP contribution >= 0.6 is 0 Å². The van der Waals surface area contributed by atoms with E-state index < -0.39 is 22.0 Å². The smallest absolute Gasteiger partial charge is 0.241 e. The highest BCUT2D eigenvalue weighted by molar-refractivity contribution is 7.89. The molecule has 6 nitrogen and oxygen atoms in total. The van der Waals surface area contributed by atoms with E-state index in [4.69, 9.17) is 4.74 Å². The first kappa shape index (κ1) is 19.7. The van der Waals surface area contributed by atoms with E-state index in [1.54, 1.807) is 12.1 Å². The second-order valence-corrected chi connectivity index (χ2v) is 7.29. The molecule has 0 aromatic heterocycles. The van der Waals surface area contributed by atoms with Gasteiger partial charge in [-0.25, -0.2) is 8.42 Å². The van der Waals surface area contributed by atoms with Crippen LogP contribution in [-0.2, 0) is 21.2 Å². The van der Waals surface area contributed by atoms with Crippen molar-refractivity contribution in [2.24, 2.45) is 0 Å². The van der Waals surface area contributed by atoms with Crippen LogP contribution in [0.1, 0.15) is 5.56 Å². The summed E-state index contributed by atoms with van der Waals surface area (Å²) in [5.74, 6) is 0.138. The average Bonchev–Trinajstić information content (AvgIpc) is 2.66. The summed E-state index contributed by atoms with van der Waals surface area (Å²) in [6, 6.07) is 14.3. The van der Waals surface area contributed by atoms with Crippen molar-refractivity contribution in [3.05, 3.63) is 72.8 Å². The zero-order valence-electron chi connectivity index (χ0n) is 14.5. The van der Waals surface area contributed by atoms with Gasteiger partial charge in [-0.3, -0.25) is 4.79 Å². The van der Waals surface area contributed by atoms with E-state index >= 15 is 0 Å². The van der Waals surface area contributed by atoms with Gasteiger partial charge < -0.3 is 10.1 Å². The van der Waals surface area contributed by atoms with Gasteiger partial charge in [-0.1, -0.05) is 36.4 Å². The summed E-state index contributed by atoms with van der Waals surface area (Å²) in [6.07, 6.45) is 1.77. The van der Waals surface area contributed by atoms with Crippen LogP contribution in [0.5, 0.6) is 5.75 Å². The lowest BCUT2D eigenvalue weighted by Crippen LogP contribution is -2.47. The van der Waals surface area contributed by atoms with Gasteiger partial charge in [-0.2, -0.15) is 4.72 Å². The molecule has 0 aliphatic heterocycles. The van der Waals surface area contributed by atoms with E-state index in [9.17, 15) is 13.2 Å². The third-order valence-electron chi connectivity index (χ3n) is 3.69. The molecule has 7 heteroatoms. The van der Waals surface area contributed by atoms with Crippen molar-refractivity contribution in [2.45, 2.75) is 17.4 Å². The number of nitrogens with one attached hydrogen (secondary N) is 2. The Labute approximate surface area is 153 Å². The maximum atomic E-state index is 12.7. The van der Waals surface area contributed by atoms with Crippen molar-refractivity contribution in [2.75, 3.05) is 13.7 Å². The number of carbonyl (C=O) groups is 1. The summed E-state index contributed by atoms with van der Waals surface area (Å²) < 4.78 is 32.8.